The summed E-state index contributed by atoms with van der Waals surface area (Å²) < 4.78 is 11.0. The Balaban J connectivity index is 1.81. The van der Waals surface area contributed by atoms with Crippen molar-refractivity contribution in [1.29, 1.82) is 0 Å². The van der Waals surface area contributed by atoms with Gasteiger partial charge in [0.05, 0.1) is 0 Å². The van der Waals surface area contributed by atoms with Crippen molar-refractivity contribution in [3.8, 4) is 16.9 Å². The summed E-state index contributed by atoms with van der Waals surface area (Å²) in [6.07, 6.45) is -0.618. The second-order valence-corrected chi connectivity index (χ2v) is 7.79. The number of carbonyl (C=O) groups excluding carboxylic acids is 1. The lowest BCUT2D eigenvalue weighted by molar-refractivity contribution is -0.143. The van der Waals surface area contributed by atoms with Crippen LogP contribution in [-0.4, -0.2) is 29.1 Å². The minimum absolute atomic E-state index is 0.111. The van der Waals surface area contributed by atoms with Crippen molar-refractivity contribution >= 4 is 22.8 Å². The summed E-state index contributed by atoms with van der Waals surface area (Å²) in [5.41, 5.74) is 1.46. The SMILES string of the molecule is CC(C)C[C@H](NC(=O)C(C)Oc1ccc2c(-c3ccccc3)cc(=O)oc2c1)C(=O)O. The zero-order valence-corrected chi connectivity index (χ0v) is 17.6. The van der Waals surface area contributed by atoms with Gasteiger partial charge in [-0.25, -0.2) is 9.59 Å². The Morgan fingerprint density at radius 2 is 1.77 bits per heavy atom. The van der Waals surface area contributed by atoms with Gasteiger partial charge in [-0.3, -0.25) is 4.79 Å². The van der Waals surface area contributed by atoms with Crippen LogP contribution in [0.3, 0.4) is 0 Å². The van der Waals surface area contributed by atoms with Crippen LogP contribution in [0.25, 0.3) is 22.1 Å². The standard InChI is InChI=1S/C24H25NO6/c1-14(2)11-20(24(28)29)25-23(27)15(3)30-17-9-10-18-19(16-7-5-4-6-8-16)13-22(26)31-21(18)12-17/h4-10,12-15,20H,11H2,1-3H3,(H,25,27)(H,28,29)/t15?,20-/m0/s1. The molecule has 2 atom stereocenters. The van der Waals surface area contributed by atoms with Crippen LogP contribution in [0.15, 0.2) is 63.8 Å². The molecule has 2 aromatic carbocycles. The third-order valence-corrected chi connectivity index (χ3v) is 4.80. The Labute approximate surface area is 179 Å². The first-order valence-corrected chi connectivity index (χ1v) is 10.1. The van der Waals surface area contributed by atoms with Gasteiger partial charge in [0, 0.05) is 17.5 Å². The maximum absolute atomic E-state index is 12.4. The first-order chi connectivity index (χ1) is 14.7. The number of hydrogen-bond donors (Lipinski definition) is 2. The fourth-order valence-electron chi connectivity index (χ4n) is 3.31. The zero-order valence-electron chi connectivity index (χ0n) is 17.6. The van der Waals surface area contributed by atoms with Gasteiger partial charge in [0.2, 0.25) is 0 Å². The van der Waals surface area contributed by atoms with E-state index in [1.807, 2.05) is 44.2 Å². The molecule has 0 fully saturated rings. The van der Waals surface area contributed by atoms with Gasteiger partial charge in [-0.2, -0.15) is 0 Å². The molecule has 2 N–H and O–H groups in total. The number of nitrogens with one attached hydrogen (secondary N) is 1. The van der Waals surface area contributed by atoms with Gasteiger partial charge in [0.15, 0.2) is 6.10 Å². The molecular formula is C24H25NO6. The molecule has 1 amide bonds. The molecule has 0 bridgehead atoms. The Morgan fingerprint density at radius 1 is 1.06 bits per heavy atom. The lowest BCUT2D eigenvalue weighted by atomic mass is 10.0. The van der Waals surface area contributed by atoms with Crippen molar-refractivity contribution in [2.75, 3.05) is 0 Å². The second kappa shape index (κ2) is 9.47. The molecule has 0 aliphatic carbocycles. The highest BCUT2D eigenvalue weighted by molar-refractivity contribution is 5.94. The monoisotopic (exact) mass is 423 g/mol. The molecule has 1 unspecified atom stereocenters. The zero-order chi connectivity index (χ0) is 22.5. The van der Waals surface area contributed by atoms with E-state index in [9.17, 15) is 19.5 Å². The number of amides is 1. The fraction of sp³-hybridized carbons (Fsp3) is 0.292. The van der Waals surface area contributed by atoms with E-state index in [0.717, 1.165) is 16.5 Å². The summed E-state index contributed by atoms with van der Waals surface area (Å²) in [5.74, 6) is -1.18. The molecule has 1 heterocycles. The van der Waals surface area contributed by atoms with Crippen LogP contribution >= 0.6 is 0 Å². The number of carbonyl (C=O) groups is 2. The number of aliphatic carboxylic acids is 1. The van der Waals surface area contributed by atoms with Gasteiger partial charge in [-0.15, -0.1) is 0 Å². The van der Waals surface area contributed by atoms with E-state index in [0.29, 0.717) is 17.8 Å². The molecule has 0 saturated heterocycles. The highest BCUT2D eigenvalue weighted by Crippen LogP contribution is 2.29. The quantitative estimate of drug-likeness (QED) is 0.533. The van der Waals surface area contributed by atoms with Crippen molar-refractivity contribution in [3.05, 3.63) is 65.0 Å². The summed E-state index contributed by atoms with van der Waals surface area (Å²) in [4.78, 5) is 35.9. The normalized spacial score (nSPS) is 13.0. The number of carboxylic acids is 1. The van der Waals surface area contributed by atoms with E-state index in [2.05, 4.69) is 5.32 Å². The number of rotatable bonds is 8. The maximum atomic E-state index is 12.4. The molecule has 3 rings (SSSR count). The number of fused-ring (bicyclic) bond motifs is 1. The van der Waals surface area contributed by atoms with E-state index < -0.39 is 29.6 Å². The van der Waals surface area contributed by atoms with E-state index in [-0.39, 0.29) is 5.92 Å². The number of benzene rings is 2. The van der Waals surface area contributed by atoms with Gasteiger partial charge < -0.3 is 19.6 Å². The first kappa shape index (κ1) is 22.1. The minimum atomic E-state index is -1.09. The molecule has 0 aliphatic heterocycles. The highest BCUT2D eigenvalue weighted by Gasteiger charge is 2.24. The molecule has 0 radical (unpaired) electrons. The topological polar surface area (TPSA) is 106 Å². The predicted octanol–water partition coefficient (Wildman–Crippen LogP) is 3.84. The van der Waals surface area contributed by atoms with E-state index in [4.69, 9.17) is 9.15 Å². The van der Waals surface area contributed by atoms with Crippen molar-refractivity contribution < 1.29 is 23.8 Å². The van der Waals surface area contributed by atoms with Crippen molar-refractivity contribution in [1.82, 2.24) is 5.32 Å². The third kappa shape index (κ3) is 5.51. The van der Waals surface area contributed by atoms with Crippen LogP contribution in [0.5, 0.6) is 5.75 Å². The molecule has 1 aromatic heterocycles. The van der Waals surface area contributed by atoms with Crippen molar-refractivity contribution in [2.45, 2.75) is 39.3 Å². The molecular weight excluding hydrogens is 398 g/mol. The summed E-state index contributed by atoms with van der Waals surface area (Å²) >= 11 is 0. The van der Waals surface area contributed by atoms with Crippen LogP contribution in [0.1, 0.15) is 27.2 Å². The maximum Gasteiger partial charge on any atom is 0.336 e. The minimum Gasteiger partial charge on any atom is -0.481 e. The molecule has 7 heteroatoms. The summed E-state index contributed by atoms with van der Waals surface area (Å²) in [6, 6.07) is 14.9. The molecule has 3 aromatic rings. The van der Waals surface area contributed by atoms with Crippen LogP contribution in [-0.2, 0) is 9.59 Å². The van der Waals surface area contributed by atoms with Crippen LogP contribution < -0.4 is 15.7 Å². The molecule has 162 valence electrons. The van der Waals surface area contributed by atoms with E-state index >= 15 is 0 Å². The Hall–Kier alpha value is -3.61. The van der Waals surface area contributed by atoms with Crippen molar-refractivity contribution in [2.24, 2.45) is 5.92 Å². The lowest BCUT2D eigenvalue weighted by Crippen LogP contribution is -2.46. The van der Waals surface area contributed by atoms with Crippen LogP contribution in [0.4, 0.5) is 0 Å². The first-order valence-electron chi connectivity index (χ1n) is 10.1. The largest absolute Gasteiger partial charge is 0.481 e. The molecule has 0 saturated carbocycles. The highest BCUT2D eigenvalue weighted by atomic mass is 16.5. The van der Waals surface area contributed by atoms with Crippen LogP contribution in [0.2, 0.25) is 0 Å². The molecule has 0 spiro atoms. The average molecular weight is 423 g/mol. The molecule has 31 heavy (non-hydrogen) atoms. The Morgan fingerprint density at radius 3 is 2.42 bits per heavy atom. The van der Waals surface area contributed by atoms with Crippen LogP contribution in [0, 0.1) is 5.92 Å². The smallest absolute Gasteiger partial charge is 0.336 e. The van der Waals surface area contributed by atoms with E-state index in [1.165, 1.54) is 13.0 Å². The van der Waals surface area contributed by atoms with Crippen molar-refractivity contribution in [3.63, 3.8) is 0 Å². The Kier molecular flexibility index (Phi) is 6.74. The second-order valence-electron chi connectivity index (χ2n) is 7.79. The Bertz CT molecular complexity index is 1140. The van der Waals surface area contributed by atoms with Gasteiger partial charge in [0.1, 0.15) is 17.4 Å². The van der Waals surface area contributed by atoms with Gasteiger partial charge >= 0.3 is 11.6 Å². The van der Waals surface area contributed by atoms with E-state index in [1.54, 1.807) is 18.2 Å². The number of hydrogen-bond acceptors (Lipinski definition) is 5. The number of ether oxygens (including phenoxy) is 1. The third-order valence-electron chi connectivity index (χ3n) is 4.80. The summed E-state index contributed by atoms with van der Waals surface area (Å²) in [7, 11) is 0. The fourth-order valence-corrected chi connectivity index (χ4v) is 3.31. The number of carboxylic acid groups (broad SMARTS) is 1. The molecule has 0 aliphatic rings. The average Bonchev–Trinajstić information content (AvgIpc) is 2.72. The lowest BCUT2D eigenvalue weighted by Gasteiger charge is -2.20. The van der Waals surface area contributed by atoms with Gasteiger partial charge in [-0.1, -0.05) is 44.2 Å². The summed E-state index contributed by atoms with van der Waals surface area (Å²) in [5, 5.41) is 12.6. The van der Waals surface area contributed by atoms with Gasteiger partial charge in [0.25, 0.3) is 5.91 Å². The molecule has 7 nitrogen and oxygen atoms in total. The summed E-state index contributed by atoms with van der Waals surface area (Å²) in [6.45, 7) is 5.30. The van der Waals surface area contributed by atoms with Gasteiger partial charge in [-0.05, 0) is 42.5 Å². The predicted molar refractivity (Wildman–Crippen MR) is 117 cm³/mol.